The lowest BCUT2D eigenvalue weighted by molar-refractivity contribution is 0.518. The standard InChI is InChI=1S/C25H30N4O/c1-14(2)9-15(3)10-17-12-21-23-19(25(30)28-21)8-7-18(24(23)27-17)20-13-26-22(29(5)6)11-16(20)4/h7-8,10-15,27H,9H2,1-6H3,(H,28,30). The molecule has 0 saturated heterocycles. The number of pyridine rings is 2. The molecule has 0 fully saturated rings. The predicted molar refractivity (Wildman–Crippen MR) is 126 cm³/mol. The van der Waals surface area contributed by atoms with Gasteiger partial charge in [0.2, 0.25) is 0 Å². The van der Waals surface area contributed by atoms with E-state index in [2.05, 4.69) is 60.9 Å². The Bertz CT molecular complexity index is 1280. The van der Waals surface area contributed by atoms with Crippen molar-refractivity contribution in [2.24, 2.45) is 11.8 Å². The lowest BCUT2D eigenvalue weighted by Gasteiger charge is -2.16. The van der Waals surface area contributed by atoms with E-state index in [0.29, 0.717) is 11.8 Å². The van der Waals surface area contributed by atoms with Crippen LogP contribution in [-0.2, 0) is 0 Å². The summed E-state index contributed by atoms with van der Waals surface area (Å²) in [5, 5.41) is 1.75. The van der Waals surface area contributed by atoms with E-state index in [1.807, 2.05) is 37.3 Å². The van der Waals surface area contributed by atoms with Gasteiger partial charge in [-0.15, -0.1) is 0 Å². The van der Waals surface area contributed by atoms with Crippen molar-refractivity contribution in [1.29, 1.82) is 0 Å². The Morgan fingerprint density at radius 1 is 1.10 bits per heavy atom. The highest BCUT2D eigenvalue weighted by atomic mass is 16.1. The van der Waals surface area contributed by atoms with Crippen molar-refractivity contribution in [3.63, 3.8) is 0 Å². The Kier molecular flexibility index (Phi) is 5.14. The zero-order valence-corrected chi connectivity index (χ0v) is 18.6. The second-order valence-corrected chi connectivity index (χ2v) is 9.03. The summed E-state index contributed by atoms with van der Waals surface area (Å²) in [7, 11) is 3.98. The minimum absolute atomic E-state index is 0.0415. The van der Waals surface area contributed by atoms with Gasteiger partial charge in [0, 0.05) is 42.3 Å². The van der Waals surface area contributed by atoms with Crippen LogP contribution in [-0.4, -0.2) is 29.0 Å². The van der Waals surface area contributed by atoms with E-state index in [-0.39, 0.29) is 5.56 Å². The number of hydrogen-bond donors (Lipinski definition) is 2. The van der Waals surface area contributed by atoms with Crippen LogP contribution in [0, 0.1) is 18.8 Å². The summed E-state index contributed by atoms with van der Waals surface area (Å²) in [6.45, 7) is 8.83. The highest BCUT2D eigenvalue weighted by Gasteiger charge is 2.19. The summed E-state index contributed by atoms with van der Waals surface area (Å²) in [4.78, 5) is 25.8. The average Bonchev–Trinajstić information content (AvgIpc) is 2.98. The predicted octanol–water partition coefficient (Wildman–Crippen LogP) is 4.58. The lowest BCUT2D eigenvalue weighted by atomic mass is 9.95. The number of aromatic amines is 2. The molecule has 30 heavy (non-hydrogen) atoms. The van der Waals surface area contributed by atoms with Crippen LogP contribution < -0.4 is 15.8 Å². The van der Waals surface area contributed by atoms with Gasteiger partial charge in [-0.3, -0.25) is 4.79 Å². The number of H-pyrrole nitrogens is 2. The van der Waals surface area contributed by atoms with Crippen molar-refractivity contribution in [3.05, 3.63) is 51.7 Å². The molecule has 156 valence electrons. The van der Waals surface area contributed by atoms with E-state index in [1.165, 1.54) is 0 Å². The van der Waals surface area contributed by atoms with Crippen LogP contribution >= 0.6 is 0 Å². The Morgan fingerprint density at radius 2 is 1.87 bits per heavy atom. The van der Waals surface area contributed by atoms with Crippen molar-refractivity contribution in [2.45, 2.75) is 34.1 Å². The average molecular weight is 403 g/mol. The number of anilines is 1. The lowest BCUT2D eigenvalue weighted by Crippen LogP contribution is -2.12. The van der Waals surface area contributed by atoms with Crippen molar-refractivity contribution in [1.82, 2.24) is 15.0 Å². The molecule has 2 aromatic rings. The molecule has 2 aliphatic heterocycles. The molecule has 5 nitrogen and oxygen atoms in total. The van der Waals surface area contributed by atoms with Crippen LogP contribution in [0.5, 0.6) is 0 Å². The molecule has 0 amide bonds. The monoisotopic (exact) mass is 402 g/mol. The Balaban J connectivity index is 1.96. The molecule has 0 radical (unpaired) electrons. The Hall–Kier alpha value is -3.08. The van der Waals surface area contributed by atoms with Gasteiger partial charge in [-0.1, -0.05) is 32.9 Å². The van der Waals surface area contributed by atoms with Gasteiger partial charge < -0.3 is 14.9 Å². The first-order valence-corrected chi connectivity index (χ1v) is 10.6. The third kappa shape index (κ3) is 3.60. The molecular weight excluding hydrogens is 372 g/mol. The number of hydrogen-bond acceptors (Lipinski definition) is 3. The first-order chi connectivity index (χ1) is 14.2. The fraction of sp³-hybridized carbons (Fsp3) is 0.360. The zero-order valence-electron chi connectivity index (χ0n) is 18.6. The molecule has 1 unspecified atom stereocenters. The van der Waals surface area contributed by atoms with E-state index in [1.54, 1.807) is 0 Å². The normalized spacial score (nSPS) is 13.6. The Morgan fingerprint density at radius 3 is 2.53 bits per heavy atom. The highest BCUT2D eigenvalue weighted by Crippen LogP contribution is 2.36. The van der Waals surface area contributed by atoms with E-state index >= 15 is 0 Å². The van der Waals surface area contributed by atoms with Crippen LogP contribution in [0.1, 0.15) is 32.8 Å². The minimum atomic E-state index is -0.0415. The van der Waals surface area contributed by atoms with Crippen molar-refractivity contribution in [2.75, 3.05) is 19.0 Å². The van der Waals surface area contributed by atoms with E-state index < -0.39 is 0 Å². The van der Waals surface area contributed by atoms with Crippen LogP contribution in [0.3, 0.4) is 0 Å². The maximum absolute atomic E-state index is 12.5. The van der Waals surface area contributed by atoms with Crippen molar-refractivity contribution in [3.8, 4) is 22.4 Å². The molecule has 1 atom stereocenters. The number of aryl methyl sites for hydroxylation is 1. The summed E-state index contributed by atoms with van der Waals surface area (Å²) < 4.78 is 0. The molecule has 0 aliphatic carbocycles. The quantitative estimate of drug-likeness (QED) is 0.514. The van der Waals surface area contributed by atoms with E-state index in [4.69, 9.17) is 0 Å². The van der Waals surface area contributed by atoms with Crippen LogP contribution in [0.2, 0.25) is 0 Å². The number of rotatable bonds is 5. The molecule has 2 aliphatic rings. The molecular formula is C25H30N4O. The molecule has 5 heteroatoms. The number of aromatic nitrogens is 3. The summed E-state index contributed by atoms with van der Waals surface area (Å²) in [6.07, 6.45) is 5.31. The van der Waals surface area contributed by atoms with Gasteiger partial charge in [-0.25, -0.2) is 4.98 Å². The number of nitrogens with one attached hydrogen (secondary N) is 2. The second-order valence-electron chi connectivity index (χ2n) is 9.03. The summed E-state index contributed by atoms with van der Waals surface area (Å²) >= 11 is 0. The fourth-order valence-electron chi connectivity index (χ4n) is 4.40. The van der Waals surface area contributed by atoms with Gasteiger partial charge in [-0.05, 0) is 48.9 Å². The molecule has 0 bridgehead atoms. The zero-order chi connectivity index (χ0) is 21.6. The molecule has 4 rings (SSSR count). The number of benzene rings is 1. The van der Waals surface area contributed by atoms with Crippen LogP contribution in [0.15, 0.2) is 35.3 Å². The second kappa shape index (κ2) is 7.63. The third-order valence-electron chi connectivity index (χ3n) is 5.69. The smallest absolute Gasteiger partial charge is 0.256 e. The molecule has 3 heterocycles. The van der Waals surface area contributed by atoms with E-state index in [9.17, 15) is 4.79 Å². The highest BCUT2D eigenvalue weighted by molar-refractivity contribution is 6.02. The fourth-order valence-corrected chi connectivity index (χ4v) is 4.40. The van der Waals surface area contributed by atoms with Gasteiger partial charge in [-0.2, -0.15) is 0 Å². The third-order valence-corrected chi connectivity index (χ3v) is 5.69. The molecule has 1 aromatic carbocycles. The summed E-state index contributed by atoms with van der Waals surface area (Å²) in [5.74, 6) is 2.01. The van der Waals surface area contributed by atoms with Crippen LogP contribution in [0.25, 0.3) is 39.4 Å². The topological polar surface area (TPSA) is 64.8 Å². The largest absolute Gasteiger partial charge is 0.363 e. The molecule has 2 N–H and O–H groups in total. The summed E-state index contributed by atoms with van der Waals surface area (Å²) in [5.41, 5.74) is 6.06. The van der Waals surface area contributed by atoms with Gasteiger partial charge in [0.25, 0.3) is 5.56 Å². The SMILES string of the molecule is Cc1cc(N(C)C)ncc1-c1ccc2c3c1[nH]c(=CC(C)CC(C)C)cc-3[nH]c2=O. The van der Waals surface area contributed by atoms with Crippen LogP contribution in [0.4, 0.5) is 5.82 Å². The first-order valence-electron chi connectivity index (χ1n) is 10.6. The van der Waals surface area contributed by atoms with Gasteiger partial charge in [0.05, 0.1) is 16.6 Å². The van der Waals surface area contributed by atoms with Crippen molar-refractivity contribution < 1.29 is 0 Å². The van der Waals surface area contributed by atoms with E-state index in [0.717, 1.165) is 56.4 Å². The molecule has 0 saturated carbocycles. The minimum Gasteiger partial charge on any atom is -0.363 e. The van der Waals surface area contributed by atoms with Gasteiger partial charge >= 0.3 is 0 Å². The first kappa shape index (κ1) is 20.2. The summed E-state index contributed by atoms with van der Waals surface area (Å²) in [6, 6.07) is 8.10. The molecule has 1 aromatic heterocycles. The maximum Gasteiger partial charge on any atom is 0.256 e. The van der Waals surface area contributed by atoms with Gasteiger partial charge in [0.1, 0.15) is 5.82 Å². The maximum atomic E-state index is 12.5. The number of nitrogens with zero attached hydrogens (tertiary/aromatic N) is 2. The molecule has 0 spiro atoms. The Labute approximate surface area is 177 Å². The van der Waals surface area contributed by atoms with Crippen molar-refractivity contribution >= 4 is 22.8 Å². The van der Waals surface area contributed by atoms with Gasteiger partial charge in [0.15, 0.2) is 0 Å².